The summed E-state index contributed by atoms with van der Waals surface area (Å²) in [6, 6.07) is 10.5. The van der Waals surface area contributed by atoms with Gasteiger partial charge in [0.2, 0.25) is 0 Å². The molecule has 4 N–H and O–H groups in total. The minimum Gasteiger partial charge on any atom is -0.508 e. The van der Waals surface area contributed by atoms with Crippen LogP contribution in [0.4, 0.5) is 17.1 Å². The molecule has 0 radical (unpaired) electrons. The maximum Gasteiger partial charge on any atom is 0.316 e. The molecule has 2 rings (SSSR count). The number of halogens is 1. The molecule has 2 amide bonds. The largest absolute Gasteiger partial charge is 0.508 e. The standard InChI is InChI=1S/C15H14ClN3O3/c1-19(10-3-5-11(20)6-4-10)15(22)14(21)18-9-2-7-13(17)12(16)8-9/h2-8,20H,17H2,1H3,(H,18,21). The van der Waals surface area contributed by atoms with Gasteiger partial charge in [0.25, 0.3) is 0 Å². The van der Waals surface area contributed by atoms with Crippen molar-refractivity contribution in [2.75, 3.05) is 23.0 Å². The van der Waals surface area contributed by atoms with Crippen molar-refractivity contribution in [1.29, 1.82) is 0 Å². The normalized spacial score (nSPS) is 10.1. The molecule has 0 aliphatic heterocycles. The lowest BCUT2D eigenvalue weighted by Crippen LogP contribution is -2.37. The van der Waals surface area contributed by atoms with Crippen LogP contribution < -0.4 is 16.0 Å². The lowest BCUT2D eigenvalue weighted by molar-refractivity contribution is -0.134. The van der Waals surface area contributed by atoms with Crippen molar-refractivity contribution in [2.24, 2.45) is 0 Å². The number of carbonyl (C=O) groups excluding carboxylic acids is 2. The number of phenols is 1. The summed E-state index contributed by atoms with van der Waals surface area (Å²) in [5.74, 6) is -1.49. The van der Waals surface area contributed by atoms with Crippen molar-refractivity contribution in [3.8, 4) is 5.75 Å². The number of nitrogens with zero attached hydrogens (tertiary/aromatic N) is 1. The van der Waals surface area contributed by atoms with Crippen LogP contribution in [0.2, 0.25) is 5.02 Å². The summed E-state index contributed by atoms with van der Waals surface area (Å²) in [5.41, 5.74) is 6.81. The molecule has 0 spiro atoms. The van der Waals surface area contributed by atoms with Crippen LogP contribution in [0.1, 0.15) is 0 Å². The Morgan fingerprint density at radius 3 is 2.41 bits per heavy atom. The van der Waals surface area contributed by atoms with E-state index < -0.39 is 11.8 Å². The van der Waals surface area contributed by atoms with Gasteiger partial charge in [-0.25, -0.2) is 0 Å². The molecule has 2 aromatic carbocycles. The third-order valence-electron chi connectivity index (χ3n) is 2.99. The number of likely N-dealkylation sites (N-methyl/N-ethyl adjacent to an activating group) is 1. The van der Waals surface area contributed by atoms with Gasteiger partial charge >= 0.3 is 11.8 Å². The highest BCUT2D eigenvalue weighted by atomic mass is 35.5. The lowest BCUT2D eigenvalue weighted by Gasteiger charge is -2.17. The number of benzene rings is 2. The van der Waals surface area contributed by atoms with Crippen LogP contribution in [0.15, 0.2) is 42.5 Å². The molecular formula is C15H14ClN3O3. The monoisotopic (exact) mass is 319 g/mol. The third-order valence-corrected chi connectivity index (χ3v) is 3.32. The molecule has 0 atom stereocenters. The quantitative estimate of drug-likeness (QED) is 0.584. The van der Waals surface area contributed by atoms with E-state index in [1.807, 2.05) is 0 Å². The predicted octanol–water partition coefficient (Wildman–Crippen LogP) is 2.23. The van der Waals surface area contributed by atoms with Crippen molar-refractivity contribution in [3.63, 3.8) is 0 Å². The molecule has 0 aliphatic rings. The molecule has 6 nitrogen and oxygen atoms in total. The fraction of sp³-hybridized carbons (Fsp3) is 0.0667. The SMILES string of the molecule is CN(C(=O)C(=O)Nc1ccc(N)c(Cl)c1)c1ccc(O)cc1. The van der Waals surface area contributed by atoms with E-state index in [1.54, 1.807) is 6.07 Å². The molecule has 0 bridgehead atoms. The first kappa shape index (κ1) is 15.7. The molecule has 0 saturated heterocycles. The van der Waals surface area contributed by atoms with Crippen LogP contribution >= 0.6 is 11.6 Å². The van der Waals surface area contributed by atoms with E-state index in [0.29, 0.717) is 17.1 Å². The zero-order chi connectivity index (χ0) is 16.3. The van der Waals surface area contributed by atoms with Gasteiger partial charge in [0.1, 0.15) is 5.75 Å². The number of nitrogen functional groups attached to an aromatic ring is 1. The number of carbonyl (C=O) groups is 2. The Hall–Kier alpha value is -2.73. The lowest BCUT2D eigenvalue weighted by atomic mass is 10.2. The Balaban J connectivity index is 2.09. The Morgan fingerprint density at radius 2 is 1.82 bits per heavy atom. The second kappa shape index (κ2) is 6.36. The van der Waals surface area contributed by atoms with Gasteiger partial charge in [0, 0.05) is 18.4 Å². The molecule has 114 valence electrons. The van der Waals surface area contributed by atoms with Crippen LogP contribution in [0, 0.1) is 0 Å². The van der Waals surface area contributed by atoms with E-state index in [4.69, 9.17) is 17.3 Å². The summed E-state index contributed by atoms with van der Waals surface area (Å²) in [7, 11) is 1.46. The van der Waals surface area contributed by atoms with Gasteiger partial charge in [-0.2, -0.15) is 0 Å². The van der Waals surface area contributed by atoms with E-state index in [1.165, 1.54) is 48.3 Å². The van der Waals surface area contributed by atoms with Crippen LogP contribution in [-0.2, 0) is 9.59 Å². The highest BCUT2D eigenvalue weighted by Gasteiger charge is 2.20. The van der Waals surface area contributed by atoms with E-state index in [-0.39, 0.29) is 10.8 Å². The van der Waals surface area contributed by atoms with Gasteiger partial charge in [-0.15, -0.1) is 0 Å². The molecule has 22 heavy (non-hydrogen) atoms. The Labute approximate surface area is 132 Å². The number of amides is 2. The summed E-state index contributed by atoms with van der Waals surface area (Å²) >= 11 is 5.85. The number of nitrogens with two attached hydrogens (primary N) is 1. The predicted molar refractivity (Wildman–Crippen MR) is 86.0 cm³/mol. The minimum atomic E-state index is -0.809. The van der Waals surface area contributed by atoms with Crippen LogP contribution in [-0.4, -0.2) is 24.0 Å². The maximum absolute atomic E-state index is 12.1. The van der Waals surface area contributed by atoms with E-state index >= 15 is 0 Å². The smallest absolute Gasteiger partial charge is 0.316 e. The third kappa shape index (κ3) is 3.48. The molecule has 0 saturated carbocycles. The summed E-state index contributed by atoms with van der Waals surface area (Å²) in [4.78, 5) is 25.2. The highest BCUT2D eigenvalue weighted by molar-refractivity contribution is 6.44. The van der Waals surface area contributed by atoms with Crippen molar-refractivity contribution >= 4 is 40.5 Å². The van der Waals surface area contributed by atoms with Crippen LogP contribution in [0.25, 0.3) is 0 Å². The molecule has 0 aliphatic carbocycles. The molecular weight excluding hydrogens is 306 g/mol. The first-order valence-corrected chi connectivity index (χ1v) is 6.69. The number of hydrogen-bond acceptors (Lipinski definition) is 4. The highest BCUT2D eigenvalue weighted by Crippen LogP contribution is 2.23. The number of nitrogens with one attached hydrogen (secondary N) is 1. The van der Waals surface area contributed by atoms with Crippen LogP contribution in [0.5, 0.6) is 5.75 Å². The van der Waals surface area contributed by atoms with E-state index in [2.05, 4.69) is 5.32 Å². The zero-order valence-electron chi connectivity index (χ0n) is 11.7. The molecule has 2 aromatic rings. The molecule has 7 heteroatoms. The molecule has 0 heterocycles. The number of phenolic OH excluding ortho intramolecular Hbond substituents is 1. The van der Waals surface area contributed by atoms with E-state index in [9.17, 15) is 14.7 Å². The molecule has 0 fully saturated rings. The topological polar surface area (TPSA) is 95.7 Å². The maximum atomic E-state index is 12.1. The number of anilines is 3. The van der Waals surface area contributed by atoms with Crippen molar-refractivity contribution in [3.05, 3.63) is 47.5 Å². The van der Waals surface area contributed by atoms with E-state index in [0.717, 1.165) is 0 Å². The first-order valence-electron chi connectivity index (χ1n) is 6.31. The molecule has 0 aromatic heterocycles. The average molecular weight is 320 g/mol. The Kier molecular flexibility index (Phi) is 4.53. The van der Waals surface area contributed by atoms with Gasteiger partial charge < -0.3 is 21.1 Å². The average Bonchev–Trinajstić information content (AvgIpc) is 2.50. The van der Waals surface area contributed by atoms with Crippen molar-refractivity contribution in [2.45, 2.75) is 0 Å². The first-order chi connectivity index (χ1) is 10.4. The van der Waals surface area contributed by atoms with Gasteiger partial charge in [-0.3, -0.25) is 9.59 Å². The Morgan fingerprint density at radius 1 is 1.18 bits per heavy atom. The van der Waals surface area contributed by atoms with Crippen LogP contribution in [0.3, 0.4) is 0 Å². The second-order valence-electron chi connectivity index (χ2n) is 4.57. The fourth-order valence-corrected chi connectivity index (χ4v) is 1.92. The van der Waals surface area contributed by atoms with Gasteiger partial charge in [-0.05, 0) is 42.5 Å². The van der Waals surface area contributed by atoms with Gasteiger partial charge in [0.15, 0.2) is 0 Å². The summed E-state index contributed by atoms with van der Waals surface area (Å²) in [6.07, 6.45) is 0. The zero-order valence-corrected chi connectivity index (χ0v) is 12.5. The molecule has 0 unspecified atom stereocenters. The number of rotatable bonds is 2. The Bertz CT molecular complexity index is 716. The second-order valence-corrected chi connectivity index (χ2v) is 4.98. The minimum absolute atomic E-state index is 0.0746. The number of hydrogen-bond donors (Lipinski definition) is 3. The summed E-state index contributed by atoms with van der Waals surface area (Å²) in [5, 5.41) is 12.0. The summed E-state index contributed by atoms with van der Waals surface area (Å²) in [6.45, 7) is 0. The fourth-order valence-electron chi connectivity index (χ4n) is 1.74. The summed E-state index contributed by atoms with van der Waals surface area (Å²) < 4.78 is 0. The van der Waals surface area contributed by atoms with Crippen molar-refractivity contribution in [1.82, 2.24) is 0 Å². The van der Waals surface area contributed by atoms with Crippen molar-refractivity contribution < 1.29 is 14.7 Å². The number of aromatic hydroxyl groups is 1. The van der Waals surface area contributed by atoms with Gasteiger partial charge in [-0.1, -0.05) is 11.6 Å². The van der Waals surface area contributed by atoms with Gasteiger partial charge in [0.05, 0.1) is 10.7 Å².